The summed E-state index contributed by atoms with van der Waals surface area (Å²) in [5.74, 6) is 0.509. The van der Waals surface area contributed by atoms with E-state index in [0.29, 0.717) is 22.3 Å². The molecule has 4 aromatic rings. The highest BCUT2D eigenvalue weighted by molar-refractivity contribution is 9.10. The predicted molar refractivity (Wildman–Crippen MR) is 110 cm³/mol. The van der Waals surface area contributed by atoms with Gasteiger partial charge in [0.1, 0.15) is 5.75 Å². The van der Waals surface area contributed by atoms with Gasteiger partial charge in [-0.3, -0.25) is 4.79 Å². The first-order chi connectivity index (χ1) is 13.1. The van der Waals surface area contributed by atoms with Gasteiger partial charge in [0.25, 0.3) is 5.56 Å². The number of benzene rings is 3. The Hall–Kier alpha value is -3.25. The molecule has 0 aliphatic heterocycles. The molecule has 3 aromatic carbocycles. The lowest BCUT2D eigenvalue weighted by Crippen LogP contribution is -2.20. The van der Waals surface area contributed by atoms with Crippen molar-refractivity contribution in [1.82, 2.24) is 9.66 Å². The summed E-state index contributed by atoms with van der Waals surface area (Å²) in [6, 6.07) is 21.6. The average molecular weight is 420 g/mol. The summed E-state index contributed by atoms with van der Waals surface area (Å²) in [6.45, 7) is 0. The molecule has 0 fully saturated rings. The molecule has 0 bridgehead atoms. The minimum atomic E-state index is -0.273. The second kappa shape index (κ2) is 7.17. The quantitative estimate of drug-likeness (QED) is 0.499. The van der Waals surface area contributed by atoms with Gasteiger partial charge >= 0.3 is 0 Å². The van der Waals surface area contributed by atoms with Crippen molar-refractivity contribution in [3.63, 3.8) is 0 Å². The van der Waals surface area contributed by atoms with E-state index in [1.165, 1.54) is 10.9 Å². The molecule has 0 radical (unpaired) electrons. The van der Waals surface area contributed by atoms with E-state index in [0.717, 1.165) is 10.0 Å². The van der Waals surface area contributed by atoms with Gasteiger partial charge in [-0.05, 0) is 30.3 Å². The number of halogens is 1. The van der Waals surface area contributed by atoms with E-state index >= 15 is 0 Å². The van der Waals surface area contributed by atoms with Gasteiger partial charge in [0.15, 0.2) is 5.82 Å². The van der Waals surface area contributed by atoms with Crippen molar-refractivity contribution >= 4 is 33.0 Å². The first-order valence-electron chi connectivity index (χ1n) is 8.23. The van der Waals surface area contributed by atoms with Crippen LogP contribution in [-0.4, -0.2) is 21.0 Å². The van der Waals surface area contributed by atoms with E-state index < -0.39 is 0 Å². The summed E-state index contributed by atoms with van der Waals surface area (Å²) in [4.78, 5) is 17.7. The van der Waals surface area contributed by atoms with Crippen molar-refractivity contribution in [1.29, 1.82) is 0 Å². The van der Waals surface area contributed by atoms with Crippen molar-refractivity contribution in [2.24, 2.45) is 5.10 Å². The molecule has 0 atom stereocenters. The first kappa shape index (κ1) is 17.2. The number of phenolic OH excluding ortho intramolecular Hbond substituents is 1. The number of aromatic nitrogens is 2. The minimum Gasteiger partial charge on any atom is -0.507 e. The standard InChI is InChI=1S/C21H14BrN3O2/c22-16-10-11-19(26)15(12-16)13-23-25-20(14-6-2-1-3-7-14)24-18-9-5-4-8-17(18)21(25)27/h1-13,26H. The third kappa shape index (κ3) is 3.39. The summed E-state index contributed by atoms with van der Waals surface area (Å²) >= 11 is 3.37. The molecule has 1 N–H and O–H groups in total. The number of para-hydroxylation sites is 1. The van der Waals surface area contributed by atoms with E-state index in [4.69, 9.17) is 0 Å². The first-order valence-corrected chi connectivity index (χ1v) is 9.03. The average Bonchev–Trinajstić information content (AvgIpc) is 2.70. The summed E-state index contributed by atoms with van der Waals surface area (Å²) in [5.41, 5.74) is 1.60. The van der Waals surface area contributed by atoms with Crippen LogP contribution in [0.2, 0.25) is 0 Å². The van der Waals surface area contributed by atoms with Crippen molar-refractivity contribution in [2.75, 3.05) is 0 Å². The molecule has 0 aliphatic carbocycles. The summed E-state index contributed by atoms with van der Waals surface area (Å²) in [5, 5.41) is 14.8. The predicted octanol–water partition coefficient (Wildman–Crippen LogP) is 4.41. The molecule has 0 aliphatic rings. The second-order valence-electron chi connectivity index (χ2n) is 5.88. The van der Waals surface area contributed by atoms with Crippen LogP contribution < -0.4 is 5.56 Å². The fraction of sp³-hybridized carbons (Fsp3) is 0. The molecule has 0 saturated carbocycles. The molecule has 5 nitrogen and oxygen atoms in total. The summed E-state index contributed by atoms with van der Waals surface area (Å²) in [6.07, 6.45) is 1.45. The van der Waals surface area contributed by atoms with Gasteiger partial charge < -0.3 is 5.11 Å². The Morgan fingerprint density at radius 2 is 1.74 bits per heavy atom. The van der Waals surface area contributed by atoms with Gasteiger partial charge in [-0.2, -0.15) is 9.78 Å². The molecule has 27 heavy (non-hydrogen) atoms. The highest BCUT2D eigenvalue weighted by atomic mass is 79.9. The van der Waals surface area contributed by atoms with Crippen LogP contribution in [0.1, 0.15) is 5.56 Å². The van der Waals surface area contributed by atoms with Gasteiger partial charge in [0, 0.05) is 15.6 Å². The number of rotatable bonds is 3. The SMILES string of the molecule is O=c1c2ccccc2nc(-c2ccccc2)n1N=Cc1cc(Br)ccc1O. The lowest BCUT2D eigenvalue weighted by atomic mass is 10.2. The molecule has 0 amide bonds. The van der Waals surface area contributed by atoms with Crippen LogP contribution in [0.3, 0.4) is 0 Å². The zero-order valence-electron chi connectivity index (χ0n) is 14.1. The fourth-order valence-electron chi connectivity index (χ4n) is 2.75. The third-order valence-electron chi connectivity index (χ3n) is 4.09. The third-order valence-corrected chi connectivity index (χ3v) is 4.58. The number of nitrogens with zero attached hydrogens (tertiary/aromatic N) is 3. The van der Waals surface area contributed by atoms with Crippen molar-refractivity contribution < 1.29 is 5.11 Å². The maximum Gasteiger partial charge on any atom is 0.282 e. The van der Waals surface area contributed by atoms with Gasteiger partial charge in [-0.25, -0.2) is 4.98 Å². The summed E-state index contributed by atoms with van der Waals surface area (Å²) < 4.78 is 2.06. The number of phenols is 1. The Labute approximate surface area is 163 Å². The second-order valence-corrected chi connectivity index (χ2v) is 6.80. The molecule has 132 valence electrons. The summed E-state index contributed by atoms with van der Waals surface area (Å²) in [7, 11) is 0. The molecule has 1 heterocycles. The van der Waals surface area contributed by atoms with Crippen LogP contribution in [0.4, 0.5) is 0 Å². The molecule has 0 spiro atoms. The van der Waals surface area contributed by atoms with Crippen LogP contribution in [0.5, 0.6) is 5.75 Å². The van der Waals surface area contributed by atoms with Crippen LogP contribution in [0.25, 0.3) is 22.3 Å². The van der Waals surface area contributed by atoms with Gasteiger partial charge in [-0.15, -0.1) is 0 Å². The number of hydrogen-bond acceptors (Lipinski definition) is 4. The Kier molecular flexibility index (Phi) is 4.56. The molecule has 0 saturated heterocycles. The van der Waals surface area contributed by atoms with Gasteiger partial charge in [0.2, 0.25) is 0 Å². The monoisotopic (exact) mass is 419 g/mol. The fourth-order valence-corrected chi connectivity index (χ4v) is 3.13. The lowest BCUT2D eigenvalue weighted by molar-refractivity contribution is 0.474. The topological polar surface area (TPSA) is 67.5 Å². The lowest BCUT2D eigenvalue weighted by Gasteiger charge is -2.09. The molecular formula is C21H14BrN3O2. The largest absolute Gasteiger partial charge is 0.507 e. The van der Waals surface area contributed by atoms with Crippen molar-refractivity contribution in [3.05, 3.63) is 93.2 Å². The maximum atomic E-state index is 13.0. The Morgan fingerprint density at radius 1 is 1.00 bits per heavy atom. The van der Waals surface area contributed by atoms with E-state index in [9.17, 15) is 9.90 Å². The van der Waals surface area contributed by atoms with E-state index in [2.05, 4.69) is 26.0 Å². The van der Waals surface area contributed by atoms with Crippen molar-refractivity contribution in [2.45, 2.75) is 0 Å². The number of fused-ring (bicyclic) bond motifs is 1. The molecule has 1 aromatic heterocycles. The highest BCUT2D eigenvalue weighted by Gasteiger charge is 2.12. The van der Waals surface area contributed by atoms with E-state index in [1.54, 1.807) is 36.4 Å². The molecule has 6 heteroatoms. The normalized spacial score (nSPS) is 11.3. The van der Waals surface area contributed by atoms with Crippen molar-refractivity contribution in [3.8, 4) is 17.1 Å². The van der Waals surface area contributed by atoms with Crippen LogP contribution in [-0.2, 0) is 0 Å². The van der Waals surface area contributed by atoms with Gasteiger partial charge in [-0.1, -0.05) is 58.4 Å². The van der Waals surface area contributed by atoms with Crippen LogP contribution in [0, 0.1) is 0 Å². The maximum absolute atomic E-state index is 13.0. The van der Waals surface area contributed by atoms with Crippen LogP contribution >= 0.6 is 15.9 Å². The molecular weight excluding hydrogens is 406 g/mol. The Bertz CT molecular complexity index is 1220. The smallest absolute Gasteiger partial charge is 0.282 e. The zero-order chi connectivity index (χ0) is 18.8. The highest BCUT2D eigenvalue weighted by Crippen LogP contribution is 2.21. The van der Waals surface area contributed by atoms with Crippen LogP contribution in [0.15, 0.2) is 87.2 Å². The Morgan fingerprint density at radius 3 is 2.56 bits per heavy atom. The minimum absolute atomic E-state index is 0.0741. The van der Waals surface area contributed by atoms with Gasteiger partial charge in [0.05, 0.1) is 17.1 Å². The number of aromatic hydroxyl groups is 1. The Balaban J connectivity index is 1.95. The number of hydrogen-bond donors (Lipinski definition) is 1. The molecule has 4 rings (SSSR count). The zero-order valence-corrected chi connectivity index (χ0v) is 15.7. The van der Waals surface area contributed by atoms with E-state index in [1.807, 2.05) is 36.4 Å². The van der Waals surface area contributed by atoms with E-state index in [-0.39, 0.29) is 11.3 Å². The molecule has 0 unspecified atom stereocenters.